The van der Waals surface area contributed by atoms with E-state index < -0.39 is 0 Å². The van der Waals surface area contributed by atoms with Gasteiger partial charge in [0.15, 0.2) is 0 Å². The lowest BCUT2D eigenvalue weighted by Crippen LogP contribution is -2.65. The summed E-state index contributed by atoms with van der Waals surface area (Å²) in [4.78, 5) is 7.85. The third-order valence-corrected chi connectivity index (χ3v) is 15.2. The van der Waals surface area contributed by atoms with E-state index >= 15 is 0 Å². The Kier molecular flexibility index (Phi) is 23.8. The highest BCUT2D eigenvalue weighted by atomic mass is 15.3. The summed E-state index contributed by atoms with van der Waals surface area (Å²) in [7, 11) is 9.05. The molecule has 316 valence electrons. The van der Waals surface area contributed by atoms with E-state index in [1.54, 1.807) is 5.56 Å². The van der Waals surface area contributed by atoms with Gasteiger partial charge in [0.25, 0.3) is 0 Å². The fraction of sp³-hybridized carbons (Fsp3) is 0.736. The van der Waals surface area contributed by atoms with Gasteiger partial charge in [-0.3, -0.25) is 4.90 Å². The summed E-state index contributed by atoms with van der Waals surface area (Å²) in [5, 5.41) is 0. The van der Waals surface area contributed by atoms with Crippen molar-refractivity contribution in [2.24, 2.45) is 45.8 Å². The average Bonchev–Trinajstić information content (AvgIpc) is 3.65. The summed E-state index contributed by atoms with van der Waals surface area (Å²) >= 11 is 0. The number of hydrogen-bond donors (Lipinski definition) is 0. The molecule has 6 rings (SSSR count). The largest absolute Gasteiger partial charge is 0.308 e. The molecule has 5 aliphatic carbocycles. The minimum absolute atomic E-state index is 0.368. The van der Waals surface area contributed by atoms with Crippen LogP contribution in [0.5, 0.6) is 0 Å². The van der Waals surface area contributed by atoms with E-state index in [1.807, 2.05) is 13.8 Å². The molecule has 0 spiro atoms. The monoisotopic (exact) mass is 768 g/mol. The standard InChI is InChI=1S/C40H67N3.C3H8.C2H6.4C2H2/c1-29-12-14-30(15-13-29)32-18-22-39(5)35(37(32,2)3)20-23-38(4)33-19-24-40(43(27-25-41(6)7)28-26-42(8)9)21-10-11-34(40)31(33)16-17-36(38)39;1-3-2;5*1-2/h12-15,31-36H,10-11,16-28H2,1-9H3;3H2,1-2H3;1-2H3;4*1-2H/t31-,32+,33?,34?,35?,36?,38-,39-,40-;;;;;;/m0....../s1. The Hall–Kier alpha value is -2.66. The van der Waals surface area contributed by atoms with Crippen molar-refractivity contribution in [3.63, 3.8) is 0 Å². The molecule has 1 aromatic carbocycles. The Morgan fingerprint density at radius 3 is 1.57 bits per heavy atom. The highest BCUT2D eigenvalue weighted by Gasteiger charge is 2.66. The first kappa shape index (κ1) is 53.3. The van der Waals surface area contributed by atoms with Crippen molar-refractivity contribution in [2.75, 3.05) is 54.4 Å². The number of aryl methyl sites for hydroxylation is 1. The van der Waals surface area contributed by atoms with Gasteiger partial charge in [0.2, 0.25) is 0 Å². The molecule has 56 heavy (non-hydrogen) atoms. The highest BCUT2D eigenvalue weighted by molar-refractivity contribution is 5.28. The van der Waals surface area contributed by atoms with E-state index in [-0.39, 0.29) is 0 Å². The summed E-state index contributed by atoms with van der Waals surface area (Å²) in [5.41, 5.74) is 4.86. The van der Waals surface area contributed by atoms with Gasteiger partial charge in [0.1, 0.15) is 0 Å². The molecule has 5 aliphatic rings. The fourth-order valence-corrected chi connectivity index (χ4v) is 13.3. The Labute approximate surface area is 351 Å². The van der Waals surface area contributed by atoms with Crippen LogP contribution in [0.4, 0.5) is 0 Å². The first-order valence-corrected chi connectivity index (χ1v) is 22.2. The summed E-state index contributed by atoms with van der Waals surface area (Å²) in [6.07, 6.45) is 49.4. The molecular formula is C53H89N3. The van der Waals surface area contributed by atoms with E-state index in [2.05, 4.69) is 167 Å². The zero-order valence-corrected chi connectivity index (χ0v) is 39.0. The molecule has 5 fully saturated rings. The molecule has 0 aromatic heterocycles. The van der Waals surface area contributed by atoms with E-state index in [0.29, 0.717) is 27.7 Å². The summed E-state index contributed by atoms with van der Waals surface area (Å²) in [6.45, 7) is 26.3. The number of rotatable bonds is 8. The number of nitrogens with zero attached hydrogens (tertiary/aromatic N) is 3. The van der Waals surface area contributed by atoms with Crippen LogP contribution in [0.3, 0.4) is 0 Å². The first-order chi connectivity index (χ1) is 26.7. The zero-order valence-electron chi connectivity index (χ0n) is 39.0. The molecule has 3 nitrogen and oxygen atoms in total. The molecule has 1 aromatic rings. The van der Waals surface area contributed by atoms with Crippen LogP contribution in [-0.2, 0) is 0 Å². The summed E-state index contributed by atoms with van der Waals surface area (Å²) in [5.74, 6) is 5.28. The number of fused-ring (bicyclic) bond motifs is 7. The van der Waals surface area contributed by atoms with Crippen molar-refractivity contribution in [1.29, 1.82) is 0 Å². The molecule has 0 N–H and O–H groups in total. The molecule has 0 heterocycles. The maximum Gasteiger partial charge on any atom is 0.0241 e. The number of terminal acetylenes is 4. The predicted molar refractivity (Wildman–Crippen MR) is 250 cm³/mol. The Bertz CT molecular complexity index is 1260. The van der Waals surface area contributed by atoms with Crippen molar-refractivity contribution in [3.05, 3.63) is 35.4 Å². The molecule has 0 radical (unpaired) electrons. The maximum absolute atomic E-state index is 4.00. The summed E-state index contributed by atoms with van der Waals surface area (Å²) in [6, 6.07) is 9.62. The average molecular weight is 768 g/mol. The van der Waals surface area contributed by atoms with Crippen molar-refractivity contribution < 1.29 is 0 Å². The Morgan fingerprint density at radius 2 is 1.07 bits per heavy atom. The Balaban J connectivity index is 0.00000210. The van der Waals surface area contributed by atoms with Gasteiger partial charge in [-0.05, 0) is 157 Å². The topological polar surface area (TPSA) is 9.72 Å². The lowest BCUT2D eigenvalue weighted by atomic mass is 9.35. The lowest BCUT2D eigenvalue weighted by Gasteiger charge is -2.70. The zero-order chi connectivity index (χ0) is 43.5. The molecule has 3 heteroatoms. The van der Waals surface area contributed by atoms with Crippen LogP contribution >= 0.6 is 0 Å². The van der Waals surface area contributed by atoms with Gasteiger partial charge < -0.3 is 9.80 Å². The number of benzene rings is 1. The lowest BCUT2D eigenvalue weighted by molar-refractivity contribution is -0.201. The van der Waals surface area contributed by atoms with Crippen molar-refractivity contribution >= 4 is 0 Å². The molecule has 5 saturated carbocycles. The van der Waals surface area contributed by atoms with E-state index in [9.17, 15) is 0 Å². The quantitative estimate of drug-likeness (QED) is 0.244. The van der Waals surface area contributed by atoms with Crippen molar-refractivity contribution in [2.45, 2.75) is 151 Å². The van der Waals surface area contributed by atoms with Crippen LogP contribution in [0.1, 0.15) is 149 Å². The second kappa shape index (κ2) is 25.0. The molecule has 0 saturated heterocycles. The third kappa shape index (κ3) is 11.3. The fourth-order valence-electron chi connectivity index (χ4n) is 13.3. The minimum atomic E-state index is 0.368. The van der Waals surface area contributed by atoms with Gasteiger partial charge in [0.05, 0.1) is 0 Å². The predicted octanol–water partition coefficient (Wildman–Crippen LogP) is 12.2. The van der Waals surface area contributed by atoms with Gasteiger partial charge in [-0.25, -0.2) is 0 Å². The molecule has 0 bridgehead atoms. The van der Waals surface area contributed by atoms with E-state index in [0.717, 1.165) is 29.6 Å². The molecule has 0 aliphatic heterocycles. The normalized spacial score (nSPS) is 32.9. The number of hydrogen-bond acceptors (Lipinski definition) is 3. The second-order valence-corrected chi connectivity index (χ2v) is 18.8. The van der Waals surface area contributed by atoms with Gasteiger partial charge in [-0.2, -0.15) is 0 Å². The number of likely N-dealkylation sites (N-methyl/N-ethyl adjacent to an activating group) is 2. The van der Waals surface area contributed by atoms with Gasteiger partial charge in [0, 0.05) is 31.7 Å². The van der Waals surface area contributed by atoms with Crippen LogP contribution in [0.25, 0.3) is 0 Å². The van der Waals surface area contributed by atoms with Crippen molar-refractivity contribution in [1.82, 2.24) is 14.7 Å². The van der Waals surface area contributed by atoms with Crippen LogP contribution in [0.15, 0.2) is 24.3 Å². The first-order valence-electron chi connectivity index (χ1n) is 22.2. The molecule has 0 amide bonds. The molecule has 9 atom stereocenters. The SMILES string of the molecule is C#C.C#C.C#C.C#C.CC.CCC.Cc1ccc([C@H]2CC[C@@]3(C)C(CC[C@@]4(C)C5CC[C@@]6(N(CCN(C)C)CCN(C)C)CCCC6[C@H]5CCC43)C2(C)C)cc1. The summed E-state index contributed by atoms with van der Waals surface area (Å²) < 4.78 is 0. The van der Waals surface area contributed by atoms with Crippen LogP contribution in [0.2, 0.25) is 0 Å². The van der Waals surface area contributed by atoms with Gasteiger partial charge >= 0.3 is 0 Å². The molecule has 4 unspecified atom stereocenters. The van der Waals surface area contributed by atoms with Crippen LogP contribution in [-0.4, -0.2) is 74.6 Å². The smallest absolute Gasteiger partial charge is 0.0241 e. The Morgan fingerprint density at radius 1 is 0.571 bits per heavy atom. The minimum Gasteiger partial charge on any atom is -0.308 e. The highest BCUT2D eigenvalue weighted by Crippen LogP contribution is 2.73. The maximum atomic E-state index is 4.00. The third-order valence-electron chi connectivity index (χ3n) is 15.2. The van der Waals surface area contributed by atoms with Crippen LogP contribution in [0, 0.1) is 104 Å². The molecular weight excluding hydrogens is 679 g/mol. The van der Waals surface area contributed by atoms with Crippen molar-refractivity contribution in [3.8, 4) is 51.4 Å². The van der Waals surface area contributed by atoms with Crippen LogP contribution < -0.4 is 0 Å². The van der Waals surface area contributed by atoms with E-state index in [1.165, 1.54) is 109 Å². The van der Waals surface area contributed by atoms with Gasteiger partial charge in [-0.1, -0.05) is 98.1 Å². The van der Waals surface area contributed by atoms with Gasteiger partial charge in [-0.15, -0.1) is 51.4 Å². The second-order valence-electron chi connectivity index (χ2n) is 18.8. The van der Waals surface area contributed by atoms with E-state index in [4.69, 9.17) is 0 Å².